The molecule has 1 aliphatic rings. The molecule has 2 rings (SSSR count). The van der Waals surface area contributed by atoms with Gasteiger partial charge in [-0.2, -0.15) is 0 Å². The Labute approximate surface area is 123 Å². The highest BCUT2D eigenvalue weighted by Gasteiger charge is 2.16. The van der Waals surface area contributed by atoms with Crippen LogP contribution in [-0.4, -0.2) is 37.7 Å². The molecule has 0 spiro atoms. The third-order valence-corrected chi connectivity index (χ3v) is 3.97. The maximum absolute atomic E-state index is 6.35. The first kappa shape index (κ1) is 15.5. The molecule has 3 nitrogen and oxygen atoms in total. The Bertz CT molecular complexity index is 400. The van der Waals surface area contributed by atoms with E-state index in [9.17, 15) is 0 Å². The summed E-state index contributed by atoms with van der Waals surface area (Å²) in [4.78, 5) is 2.41. The van der Waals surface area contributed by atoms with Crippen LogP contribution in [-0.2, 0) is 10.2 Å². The molecular formula is C17H28N2O. The minimum atomic E-state index is 0.0853. The summed E-state index contributed by atoms with van der Waals surface area (Å²) in [6.45, 7) is 11.4. The fourth-order valence-corrected chi connectivity index (χ4v) is 2.59. The third kappa shape index (κ3) is 4.30. The standard InChI is InChI=1S/C17H28N2O/c1-17(2,3)15-7-5-14(6-8-15)16(18)13-19-9-4-11-20-12-10-19/h5-8,16H,4,9-13,18H2,1-3H3. The molecule has 0 bridgehead atoms. The molecule has 0 saturated carbocycles. The van der Waals surface area contributed by atoms with Crippen LogP contribution < -0.4 is 5.73 Å². The summed E-state index contributed by atoms with van der Waals surface area (Å²) < 4.78 is 5.48. The van der Waals surface area contributed by atoms with Gasteiger partial charge in [-0.1, -0.05) is 45.0 Å². The normalized spacial score (nSPS) is 19.6. The van der Waals surface area contributed by atoms with Crippen molar-refractivity contribution in [3.63, 3.8) is 0 Å². The lowest BCUT2D eigenvalue weighted by Crippen LogP contribution is -2.34. The van der Waals surface area contributed by atoms with E-state index in [1.807, 2.05) is 0 Å². The highest BCUT2D eigenvalue weighted by atomic mass is 16.5. The molecule has 2 N–H and O–H groups in total. The summed E-state index contributed by atoms with van der Waals surface area (Å²) in [5.74, 6) is 0. The molecule has 1 heterocycles. The molecule has 1 atom stereocenters. The number of rotatable bonds is 3. The quantitative estimate of drug-likeness (QED) is 0.922. The SMILES string of the molecule is CC(C)(C)c1ccc(C(N)CN2CCCOCC2)cc1. The van der Waals surface area contributed by atoms with Gasteiger partial charge >= 0.3 is 0 Å². The van der Waals surface area contributed by atoms with E-state index in [1.165, 1.54) is 11.1 Å². The molecule has 1 aromatic rings. The minimum absolute atomic E-state index is 0.0853. The fraction of sp³-hybridized carbons (Fsp3) is 0.647. The predicted octanol–water partition coefficient (Wildman–Crippen LogP) is 2.71. The van der Waals surface area contributed by atoms with Gasteiger partial charge in [0.25, 0.3) is 0 Å². The van der Waals surface area contributed by atoms with Crippen molar-refractivity contribution in [2.45, 2.75) is 38.6 Å². The van der Waals surface area contributed by atoms with Gasteiger partial charge in [0.15, 0.2) is 0 Å². The van der Waals surface area contributed by atoms with Crippen molar-refractivity contribution in [1.82, 2.24) is 4.90 Å². The Morgan fingerprint density at radius 2 is 1.85 bits per heavy atom. The van der Waals surface area contributed by atoms with Crippen molar-refractivity contribution in [2.24, 2.45) is 5.73 Å². The zero-order valence-corrected chi connectivity index (χ0v) is 13.1. The van der Waals surface area contributed by atoms with Crippen LogP contribution in [0.2, 0.25) is 0 Å². The summed E-state index contributed by atoms with van der Waals surface area (Å²) in [5.41, 5.74) is 9.14. The van der Waals surface area contributed by atoms with E-state index in [0.29, 0.717) is 0 Å². The number of nitrogens with zero attached hydrogens (tertiary/aromatic N) is 1. The van der Waals surface area contributed by atoms with Gasteiger partial charge < -0.3 is 10.5 Å². The van der Waals surface area contributed by atoms with Crippen LogP contribution in [0.25, 0.3) is 0 Å². The first-order valence-corrected chi connectivity index (χ1v) is 7.63. The topological polar surface area (TPSA) is 38.5 Å². The lowest BCUT2D eigenvalue weighted by atomic mass is 9.86. The average Bonchev–Trinajstić information content (AvgIpc) is 2.66. The fourth-order valence-electron chi connectivity index (χ4n) is 2.59. The van der Waals surface area contributed by atoms with Crippen LogP contribution in [0.1, 0.15) is 44.4 Å². The molecule has 0 aliphatic carbocycles. The summed E-state index contributed by atoms with van der Waals surface area (Å²) in [7, 11) is 0. The molecule has 1 saturated heterocycles. The van der Waals surface area contributed by atoms with Crippen molar-refractivity contribution in [3.8, 4) is 0 Å². The molecule has 0 aromatic heterocycles. The highest BCUT2D eigenvalue weighted by Crippen LogP contribution is 2.23. The molecule has 112 valence electrons. The van der Waals surface area contributed by atoms with Crippen LogP contribution in [0.5, 0.6) is 0 Å². The molecule has 3 heteroatoms. The number of hydrogen-bond acceptors (Lipinski definition) is 3. The molecule has 1 fully saturated rings. The van der Waals surface area contributed by atoms with E-state index in [0.717, 1.165) is 39.3 Å². The van der Waals surface area contributed by atoms with E-state index < -0.39 is 0 Å². The number of benzene rings is 1. The van der Waals surface area contributed by atoms with Crippen molar-refractivity contribution < 1.29 is 4.74 Å². The minimum Gasteiger partial charge on any atom is -0.380 e. The van der Waals surface area contributed by atoms with Crippen molar-refractivity contribution in [2.75, 3.05) is 32.8 Å². The summed E-state index contributed by atoms with van der Waals surface area (Å²) in [5, 5.41) is 0. The van der Waals surface area contributed by atoms with Crippen molar-refractivity contribution in [1.29, 1.82) is 0 Å². The monoisotopic (exact) mass is 276 g/mol. The van der Waals surface area contributed by atoms with Crippen molar-refractivity contribution in [3.05, 3.63) is 35.4 Å². The molecule has 0 radical (unpaired) electrons. The zero-order valence-electron chi connectivity index (χ0n) is 13.1. The molecule has 1 unspecified atom stereocenters. The molecule has 0 amide bonds. The van der Waals surface area contributed by atoms with Crippen LogP contribution in [0.4, 0.5) is 0 Å². The maximum Gasteiger partial charge on any atom is 0.0593 e. The summed E-state index contributed by atoms with van der Waals surface area (Å²) >= 11 is 0. The predicted molar refractivity (Wildman–Crippen MR) is 83.9 cm³/mol. The molecular weight excluding hydrogens is 248 g/mol. The Kier molecular flexibility index (Phi) is 5.19. The van der Waals surface area contributed by atoms with Gasteiger partial charge in [0.05, 0.1) is 6.61 Å². The van der Waals surface area contributed by atoms with Gasteiger partial charge in [0.2, 0.25) is 0 Å². The zero-order chi connectivity index (χ0) is 14.6. The van der Waals surface area contributed by atoms with Gasteiger partial charge in [0.1, 0.15) is 0 Å². The van der Waals surface area contributed by atoms with E-state index in [-0.39, 0.29) is 11.5 Å². The van der Waals surface area contributed by atoms with Crippen molar-refractivity contribution >= 4 is 0 Å². The third-order valence-electron chi connectivity index (χ3n) is 3.97. The summed E-state index contributed by atoms with van der Waals surface area (Å²) in [6, 6.07) is 8.86. The second kappa shape index (κ2) is 6.70. The van der Waals surface area contributed by atoms with E-state index in [2.05, 4.69) is 49.9 Å². The first-order chi connectivity index (χ1) is 9.47. The second-order valence-corrected chi connectivity index (χ2v) is 6.75. The Morgan fingerprint density at radius 3 is 2.50 bits per heavy atom. The van der Waals surface area contributed by atoms with Gasteiger partial charge in [-0.15, -0.1) is 0 Å². The lowest BCUT2D eigenvalue weighted by Gasteiger charge is -2.24. The smallest absolute Gasteiger partial charge is 0.0593 e. The number of nitrogens with two attached hydrogens (primary N) is 1. The van der Waals surface area contributed by atoms with Crippen LogP contribution in [0.15, 0.2) is 24.3 Å². The van der Waals surface area contributed by atoms with E-state index in [4.69, 9.17) is 10.5 Å². The van der Waals surface area contributed by atoms with Gasteiger partial charge in [-0.3, -0.25) is 4.90 Å². The first-order valence-electron chi connectivity index (χ1n) is 7.63. The molecule has 1 aliphatic heterocycles. The highest BCUT2D eigenvalue weighted by molar-refractivity contribution is 5.29. The Hall–Kier alpha value is -0.900. The van der Waals surface area contributed by atoms with E-state index >= 15 is 0 Å². The van der Waals surface area contributed by atoms with E-state index in [1.54, 1.807) is 0 Å². The largest absolute Gasteiger partial charge is 0.380 e. The Morgan fingerprint density at radius 1 is 1.15 bits per heavy atom. The van der Waals surface area contributed by atoms with Crippen LogP contribution in [0.3, 0.4) is 0 Å². The molecule has 1 aromatic carbocycles. The summed E-state index contributed by atoms with van der Waals surface area (Å²) in [6.07, 6.45) is 1.11. The van der Waals surface area contributed by atoms with Gasteiger partial charge in [-0.25, -0.2) is 0 Å². The Balaban J connectivity index is 1.96. The number of hydrogen-bond donors (Lipinski definition) is 1. The lowest BCUT2D eigenvalue weighted by molar-refractivity contribution is 0.140. The van der Waals surface area contributed by atoms with Gasteiger partial charge in [0, 0.05) is 32.3 Å². The van der Waals surface area contributed by atoms with Crippen LogP contribution in [0, 0.1) is 0 Å². The maximum atomic E-state index is 6.35. The second-order valence-electron chi connectivity index (χ2n) is 6.75. The number of ether oxygens (including phenoxy) is 1. The average molecular weight is 276 g/mol. The van der Waals surface area contributed by atoms with Crippen LogP contribution >= 0.6 is 0 Å². The molecule has 20 heavy (non-hydrogen) atoms. The van der Waals surface area contributed by atoms with Gasteiger partial charge in [-0.05, 0) is 23.0 Å².